The zero-order chi connectivity index (χ0) is 13.1. The van der Waals surface area contributed by atoms with Crippen molar-refractivity contribution in [2.45, 2.75) is 45.1 Å². The number of hydrogen-bond acceptors (Lipinski definition) is 3. The maximum atomic E-state index is 11.9. The Morgan fingerprint density at radius 1 is 1.41 bits per heavy atom. The molecule has 2 amide bonds. The molecule has 0 spiro atoms. The van der Waals surface area contributed by atoms with E-state index in [1.54, 1.807) is 4.90 Å². The lowest BCUT2D eigenvalue weighted by molar-refractivity contribution is -0.135. The van der Waals surface area contributed by atoms with Gasteiger partial charge in [0.2, 0.25) is 11.8 Å². The number of hydrogen-bond donors (Lipinski definition) is 2. The van der Waals surface area contributed by atoms with Crippen molar-refractivity contribution in [2.75, 3.05) is 13.1 Å². The molecule has 1 unspecified atom stereocenters. The SMILES string of the molecule is CC(C)(N)CCC(=O)N1CCCC(C(N)=O)C1. The first kappa shape index (κ1) is 14.0. The van der Waals surface area contributed by atoms with E-state index in [1.165, 1.54) is 0 Å². The molecule has 1 saturated heterocycles. The number of likely N-dealkylation sites (tertiary alicyclic amines) is 1. The standard InChI is InChI=1S/C12H23N3O2/c1-12(2,14)6-5-10(16)15-7-3-4-9(8-15)11(13)17/h9H,3-8,14H2,1-2H3,(H2,13,17). The fourth-order valence-electron chi connectivity index (χ4n) is 2.02. The molecule has 0 aromatic carbocycles. The lowest BCUT2D eigenvalue weighted by Gasteiger charge is -2.32. The van der Waals surface area contributed by atoms with Crippen molar-refractivity contribution in [3.05, 3.63) is 0 Å². The number of carbonyl (C=O) groups excluding carboxylic acids is 2. The Labute approximate surface area is 103 Å². The predicted molar refractivity (Wildman–Crippen MR) is 66.0 cm³/mol. The second-order valence-corrected chi connectivity index (χ2v) is 5.57. The molecule has 1 aliphatic rings. The molecule has 1 fully saturated rings. The summed E-state index contributed by atoms with van der Waals surface area (Å²) in [7, 11) is 0. The molecule has 1 heterocycles. The fourth-order valence-corrected chi connectivity index (χ4v) is 2.02. The summed E-state index contributed by atoms with van der Waals surface area (Å²) in [5, 5.41) is 0. The molecule has 4 N–H and O–H groups in total. The summed E-state index contributed by atoms with van der Waals surface area (Å²) in [6, 6.07) is 0. The largest absolute Gasteiger partial charge is 0.369 e. The third-order valence-corrected chi connectivity index (χ3v) is 3.16. The van der Waals surface area contributed by atoms with Gasteiger partial charge in [-0.05, 0) is 33.1 Å². The van der Waals surface area contributed by atoms with Crippen LogP contribution in [0.4, 0.5) is 0 Å². The van der Waals surface area contributed by atoms with Crippen molar-refractivity contribution in [3.63, 3.8) is 0 Å². The van der Waals surface area contributed by atoms with Gasteiger partial charge in [-0.15, -0.1) is 0 Å². The molecule has 17 heavy (non-hydrogen) atoms. The highest BCUT2D eigenvalue weighted by Crippen LogP contribution is 2.18. The molecule has 1 aliphatic heterocycles. The van der Waals surface area contributed by atoms with Crippen molar-refractivity contribution < 1.29 is 9.59 Å². The number of piperidine rings is 1. The van der Waals surface area contributed by atoms with E-state index in [0.29, 0.717) is 19.4 Å². The Hall–Kier alpha value is -1.10. The Bertz CT molecular complexity index is 297. The van der Waals surface area contributed by atoms with Gasteiger partial charge in [-0.3, -0.25) is 9.59 Å². The van der Waals surface area contributed by atoms with Crippen molar-refractivity contribution in [2.24, 2.45) is 17.4 Å². The summed E-state index contributed by atoms with van der Waals surface area (Å²) >= 11 is 0. The number of rotatable bonds is 4. The van der Waals surface area contributed by atoms with Gasteiger partial charge in [-0.2, -0.15) is 0 Å². The minimum Gasteiger partial charge on any atom is -0.369 e. The van der Waals surface area contributed by atoms with Gasteiger partial charge in [0.15, 0.2) is 0 Å². The number of carbonyl (C=O) groups is 2. The molecule has 0 aromatic heterocycles. The minimum absolute atomic E-state index is 0.0782. The van der Waals surface area contributed by atoms with Crippen LogP contribution < -0.4 is 11.5 Å². The molecule has 98 valence electrons. The second kappa shape index (κ2) is 5.49. The average molecular weight is 241 g/mol. The Kier molecular flexibility index (Phi) is 4.51. The van der Waals surface area contributed by atoms with E-state index in [-0.39, 0.29) is 23.3 Å². The maximum Gasteiger partial charge on any atom is 0.222 e. The summed E-state index contributed by atoms with van der Waals surface area (Å²) in [5.41, 5.74) is 10.8. The summed E-state index contributed by atoms with van der Waals surface area (Å²) in [6.07, 6.45) is 2.74. The lowest BCUT2D eigenvalue weighted by Crippen LogP contribution is -2.44. The van der Waals surface area contributed by atoms with E-state index in [9.17, 15) is 9.59 Å². The average Bonchev–Trinajstić information content (AvgIpc) is 2.25. The number of nitrogens with two attached hydrogens (primary N) is 2. The maximum absolute atomic E-state index is 11.9. The van der Waals surface area contributed by atoms with Gasteiger partial charge in [0.25, 0.3) is 0 Å². The first-order valence-corrected chi connectivity index (χ1v) is 6.15. The molecular formula is C12H23N3O2. The van der Waals surface area contributed by atoms with Crippen LogP contribution in [0.5, 0.6) is 0 Å². The smallest absolute Gasteiger partial charge is 0.222 e. The molecule has 5 heteroatoms. The van der Waals surface area contributed by atoms with E-state index in [1.807, 2.05) is 13.8 Å². The van der Waals surface area contributed by atoms with Gasteiger partial charge in [-0.1, -0.05) is 0 Å². The second-order valence-electron chi connectivity index (χ2n) is 5.57. The van der Waals surface area contributed by atoms with Gasteiger partial charge in [0.1, 0.15) is 0 Å². The third kappa shape index (κ3) is 4.73. The number of primary amides is 1. The topological polar surface area (TPSA) is 89.4 Å². The van der Waals surface area contributed by atoms with E-state index in [4.69, 9.17) is 11.5 Å². The summed E-state index contributed by atoms with van der Waals surface area (Å²) in [5.74, 6) is -0.408. The van der Waals surface area contributed by atoms with Crippen molar-refractivity contribution in [1.82, 2.24) is 4.90 Å². The fraction of sp³-hybridized carbons (Fsp3) is 0.833. The highest BCUT2D eigenvalue weighted by molar-refractivity contribution is 5.80. The Balaban J connectivity index is 2.44. The molecule has 0 aliphatic carbocycles. The molecule has 0 aromatic rings. The lowest BCUT2D eigenvalue weighted by atomic mass is 9.95. The van der Waals surface area contributed by atoms with Gasteiger partial charge < -0.3 is 16.4 Å². The van der Waals surface area contributed by atoms with Gasteiger partial charge in [0, 0.05) is 25.0 Å². The van der Waals surface area contributed by atoms with E-state index in [2.05, 4.69) is 0 Å². The van der Waals surface area contributed by atoms with Crippen LogP contribution in [0.1, 0.15) is 39.5 Å². The monoisotopic (exact) mass is 241 g/mol. The van der Waals surface area contributed by atoms with Crippen molar-refractivity contribution in [1.29, 1.82) is 0 Å². The van der Waals surface area contributed by atoms with Gasteiger partial charge >= 0.3 is 0 Å². The highest BCUT2D eigenvalue weighted by Gasteiger charge is 2.27. The Morgan fingerprint density at radius 2 is 2.06 bits per heavy atom. The van der Waals surface area contributed by atoms with Gasteiger partial charge in [-0.25, -0.2) is 0 Å². The first-order chi connectivity index (χ1) is 7.79. The quantitative estimate of drug-likeness (QED) is 0.738. The van der Waals surface area contributed by atoms with Crippen LogP contribution in [0.15, 0.2) is 0 Å². The molecule has 0 radical (unpaired) electrons. The van der Waals surface area contributed by atoms with Crippen LogP contribution in [0, 0.1) is 5.92 Å². The zero-order valence-electron chi connectivity index (χ0n) is 10.7. The molecule has 1 rings (SSSR count). The van der Waals surface area contributed by atoms with Crippen molar-refractivity contribution >= 4 is 11.8 Å². The van der Waals surface area contributed by atoms with Gasteiger partial charge in [0.05, 0.1) is 5.92 Å². The van der Waals surface area contributed by atoms with Crippen LogP contribution >= 0.6 is 0 Å². The van der Waals surface area contributed by atoms with Crippen LogP contribution in [0.3, 0.4) is 0 Å². The minimum atomic E-state index is -0.325. The summed E-state index contributed by atoms with van der Waals surface area (Å²) < 4.78 is 0. The summed E-state index contributed by atoms with van der Waals surface area (Å²) in [4.78, 5) is 24.8. The number of nitrogens with zero attached hydrogens (tertiary/aromatic N) is 1. The normalized spacial score (nSPS) is 21.4. The first-order valence-electron chi connectivity index (χ1n) is 6.15. The number of amides is 2. The molecule has 1 atom stereocenters. The zero-order valence-corrected chi connectivity index (χ0v) is 10.7. The third-order valence-electron chi connectivity index (χ3n) is 3.16. The van der Waals surface area contributed by atoms with Crippen LogP contribution in [-0.4, -0.2) is 35.3 Å². The molecule has 0 bridgehead atoms. The predicted octanol–water partition coefficient (Wildman–Crippen LogP) is 0.228. The molecular weight excluding hydrogens is 218 g/mol. The molecule has 0 saturated carbocycles. The van der Waals surface area contributed by atoms with E-state index < -0.39 is 0 Å². The summed E-state index contributed by atoms with van der Waals surface area (Å²) in [6.45, 7) is 5.01. The van der Waals surface area contributed by atoms with E-state index in [0.717, 1.165) is 19.4 Å². The molecule has 5 nitrogen and oxygen atoms in total. The van der Waals surface area contributed by atoms with E-state index >= 15 is 0 Å². The van der Waals surface area contributed by atoms with Crippen LogP contribution in [0.25, 0.3) is 0 Å². The van der Waals surface area contributed by atoms with Crippen LogP contribution in [-0.2, 0) is 9.59 Å². The van der Waals surface area contributed by atoms with Crippen molar-refractivity contribution in [3.8, 4) is 0 Å². The Morgan fingerprint density at radius 3 is 2.59 bits per heavy atom. The van der Waals surface area contributed by atoms with Crippen LogP contribution in [0.2, 0.25) is 0 Å². The highest BCUT2D eigenvalue weighted by atomic mass is 16.2.